The molecular weight excluding hydrogens is 324 g/mol. The Hall–Kier alpha value is -2.03. The predicted octanol–water partition coefficient (Wildman–Crippen LogP) is 2.64. The zero-order chi connectivity index (χ0) is 16.8. The van der Waals surface area contributed by atoms with Gasteiger partial charge in [0.2, 0.25) is 0 Å². The quantitative estimate of drug-likeness (QED) is 0.515. The van der Waals surface area contributed by atoms with E-state index in [1.54, 1.807) is 6.20 Å². The first kappa shape index (κ1) is 16.8. The number of unbranched alkanes of at least 4 members (excludes halogenated alkanes) is 1. The predicted molar refractivity (Wildman–Crippen MR) is 97.2 cm³/mol. The fourth-order valence-corrected chi connectivity index (χ4v) is 3.02. The van der Waals surface area contributed by atoms with Crippen molar-refractivity contribution in [3.63, 3.8) is 0 Å². The van der Waals surface area contributed by atoms with Crippen molar-refractivity contribution in [3.8, 4) is 10.4 Å². The number of H-pyrrole nitrogens is 1. The number of hydrogen-bond donors (Lipinski definition) is 3. The van der Waals surface area contributed by atoms with E-state index >= 15 is 0 Å². The van der Waals surface area contributed by atoms with Crippen LogP contribution in [0.25, 0.3) is 21.3 Å². The normalized spacial score (nSPS) is 12.6. The Bertz CT molecular complexity index is 757. The zero-order valence-electron chi connectivity index (χ0n) is 13.7. The summed E-state index contributed by atoms with van der Waals surface area (Å²) >= 11 is 1.38. The van der Waals surface area contributed by atoms with E-state index in [9.17, 15) is 0 Å². The maximum atomic E-state index is 5.71. The van der Waals surface area contributed by atoms with Gasteiger partial charge in [-0.05, 0) is 55.5 Å². The molecule has 0 aliphatic heterocycles. The van der Waals surface area contributed by atoms with E-state index in [4.69, 9.17) is 10.5 Å². The Morgan fingerprint density at radius 3 is 3.04 bits per heavy atom. The first-order valence-corrected chi connectivity index (χ1v) is 8.84. The van der Waals surface area contributed by atoms with Crippen LogP contribution in [0.2, 0.25) is 0 Å². The van der Waals surface area contributed by atoms with Crippen LogP contribution >= 0.6 is 11.5 Å². The Kier molecular flexibility index (Phi) is 5.73. The molecule has 0 saturated heterocycles. The average molecular weight is 346 g/mol. The minimum absolute atomic E-state index is 0.191. The second-order valence-electron chi connectivity index (χ2n) is 5.75. The SMILES string of the molecule is C[C@H](COCCCCN)Nc1cc(-c2cnns2)cc2[nH]ncc12. The Morgan fingerprint density at radius 1 is 1.33 bits per heavy atom. The van der Waals surface area contributed by atoms with Crippen LogP contribution < -0.4 is 11.1 Å². The smallest absolute Gasteiger partial charge is 0.0755 e. The van der Waals surface area contributed by atoms with Gasteiger partial charge in [0.1, 0.15) is 0 Å². The number of nitrogens with zero attached hydrogens (tertiary/aromatic N) is 3. The molecule has 1 aromatic carbocycles. The van der Waals surface area contributed by atoms with Gasteiger partial charge in [-0.2, -0.15) is 5.10 Å². The van der Waals surface area contributed by atoms with Gasteiger partial charge < -0.3 is 15.8 Å². The summed E-state index contributed by atoms with van der Waals surface area (Å²) in [5.74, 6) is 0. The molecule has 0 radical (unpaired) electrons. The summed E-state index contributed by atoms with van der Waals surface area (Å²) in [4.78, 5) is 1.03. The van der Waals surface area contributed by atoms with E-state index in [1.165, 1.54) is 11.5 Å². The van der Waals surface area contributed by atoms with Gasteiger partial charge in [-0.1, -0.05) is 4.49 Å². The summed E-state index contributed by atoms with van der Waals surface area (Å²) in [6.45, 7) is 4.22. The molecule has 1 atom stereocenters. The van der Waals surface area contributed by atoms with Crippen LogP contribution in [0.4, 0.5) is 5.69 Å². The Labute approximate surface area is 144 Å². The number of anilines is 1. The van der Waals surface area contributed by atoms with Crippen molar-refractivity contribution in [1.29, 1.82) is 0 Å². The van der Waals surface area contributed by atoms with Crippen molar-refractivity contribution in [2.45, 2.75) is 25.8 Å². The maximum absolute atomic E-state index is 5.71. The minimum Gasteiger partial charge on any atom is -0.380 e. The number of nitrogens with one attached hydrogen (secondary N) is 2. The molecule has 8 heteroatoms. The first-order valence-electron chi connectivity index (χ1n) is 8.07. The molecule has 2 aromatic heterocycles. The minimum atomic E-state index is 0.191. The van der Waals surface area contributed by atoms with Gasteiger partial charge in [0.25, 0.3) is 0 Å². The highest BCUT2D eigenvalue weighted by Gasteiger charge is 2.11. The van der Waals surface area contributed by atoms with E-state index in [1.807, 2.05) is 6.20 Å². The highest BCUT2D eigenvalue weighted by atomic mass is 32.1. The summed E-state index contributed by atoms with van der Waals surface area (Å²) in [7, 11) is 0. The molecule has 24 heavy (non-hydrogen) atoms. The van der Waals surface area contributed by atoms with Gasteiger partial charge in [0.15, 0.2) is 0 Å². The number of rotatable bonds is 9. The zero-order valence-corrected chi connectivity index (χ0v) is 14.5. The van der Waals surface area contributed by atoms with Crippen molar-refractivity contribution >= 4 is 28.1 Å². The highest BCUT2D eigenvalue weighted by Crippen LogP contribution is 2.31. The molecule has 0 bridgehead atoms. The highest BCUT2D eigenvalue weighted by molar-refractivity contribution is 7.09. The van der Waals surface area contributed by atoms with E-state index < -0.39 is 0 Å². The molecule has 0 aliphatic carbocycles. The third kappa shape index (κ3) is 4.08. The summed E-state index contributed by atoms with van der Waals surface area (Å²) in [5.41, 5.74) is 8.57. The number of aromatic amines is 1. The molecule has 0 spiro atoms. The van der Waals surface area contributed by atoms with Gasteiger partial charge in [-0.25, -0.2) is 0 Å². The number of nitrogens with two attached hydrogens (primary N) is 1. The van der Waals surface area contributed by atoms with Crippen molar-refractivity contribution in [3.05, 3.63) is 24.5 Å². The second kappa shape index (κ2) is 8.18. The van der Waals surface area contributed by atoms with Crippen LogP contribution in [-0.2, 0) is 4.74 Å². The molecular formula is C16H22N6OS. The van der Waals surface area contributed by atoms with E-state index in [0.29, 0.717) is 6.61 Å². The molecule has 0 amide bonds. The number of ether oxygens (including phenoxy) is 1. The van der Waals surface area contributed by atoms with Gasteiger partial charge in [0.05, 0.1) is 29.4 Å². The molecule has 0 saturated carbocycles. The van der Waals surface area contributed by atoms with E-state index in [2.05, 4.69) is 44.2 Å². The molecule has 3 rings (SSSR count). The summed E-state index contributed by atoms with van der Waals surface area (Å²) in [5, 5.41) is 15.7. The molecule has 128 valence electrons. The van der Waals surface area contributed by atoms with E-state index in [-0.39, 0.29) is 6.04 Å². The van der Waals surface area contributed by atoms with E-state index in [0.717, 1.165) is 53.0 Å². The van der Waals surface area contributed by atoms with Crippen LogP contribution in [0, 0.1) is 0 Å². The summed E-state index contributed by atoms with van der Waals surface area (Å²) < 4.78 is 9.64. The van der Waals surface area contributed by atoms with Crippen LogP contribution in [0.3, 0.4) is 0 Å². The fraction of sp³-hybridized carbons (Fsp3) is 0.438. The standard InChI is InChI=1S/C16H22N6OS/c1-11(10-23-5-3-2-4-17)20-14-6-12(16-9-19-22-24-16)7-15-13(14)8-18-21-15/h6-9,11,20H,2-5,10,17H2,1H3,(H,18,21)/t11-/m1/s1. The molecule has 0 unspecified atom stereocenters. The molecule has 7 nitrogen and oxygen atoms in total. The lowest BCUT2D eigenvalue weighted by molar-refractivity contribution is 0.125. The molecule has 3 aromatic rings. The summed E-state index contributed by atoms with van der Waals surface area (Å²) in [6, 6.07) is 4.37. The molecule has 0 fully saturated rings. The summed E-state index contributed by atoms with van der Waals surface area (Å²) in [6.07, 6.45) is 5.61. The fourth-order valence-electron chi connectivity index (χ4n) is 2.52. The van der Waals surface area contributed by atoms with Crippen LogP contribution in [0.1, 0.15) is 19.8 Å². The topological polar surface area (TPSA) is 102 Å². The molecule has 0 aliphatic rings. The number of benzene rings is 1. The van der Waals surface area contributed by atoms with Gasteiger partial charge in [0, 0.05) is 23.7 Å². The molecule has 4 N–H and O–H groups in total. The second-order valence-corrected chi connectivity index (χ2v) is 6.54. The number of hydrogen-bond acceptors (Lipinski definition) is 7. The van der Waals surface area contributed by atoms with Crippen molar-refractivity contribution in [1.82, 2.24) is 19.8 Å². The van der Waals surface area contributed by atoms with Crippen LogP contribution in [0.15, 0.2) is 24.5 Å². The van der Waals surface area contributed by atoms with Gasteiger partial charge in [-0.15, -0.1) is 5.10 Å². The number of aromatic nitrogens is 4. The monoisotopic (exact) mass is 346 g/mol. The van der Waals surface area contributed by atoms with Gasteiger partial charge >= 0.3 is 0 Å². The lowest BCUT2D eigenvalue weighted by Crippen LogP contribution is -2.22. The first-order chi connectivity index (χ1) is 11.8. The lowest BCUT2D eigenvalue weighted by Gasteiger charge is -2.17. The van der Waals surface area contributed by atoms with Crippen LogP contribution in [0.5, 0.6) is 0 Å². The third-order valence-corrected chi connectivity index (χ3v) is 4.43. The lowest BCUT2D eigenvalue weighted by atomic mass is 10.1. The van der Waals surface area contributed by atoms with Crippen molar-refractivity contribution < 1.29 is 4.74 Å². The van der Waals surface area contributed by atoms with Crippen LogP contribution in [-0.4, -0.2) is 45.6 Å². The molecule has 2 heterocycles. The Balaban J connectivity index is 1.70. The Morgan fingerprint density at radius 2 is 2.25 bits per heavy atom. The third-order valence-electron chi connectivity index (χ3n) is 3.72. The number of fused-ring (bicyclic) bond motifs is 1. The largest absolute Gasteiger partial charge is 0.380 e. The van der Waals surface area contributed by atoms with Crippen molar-refractivity contribution in [2.75, 3.05) is 25.1 Å². The average Bonchev–Trinajstić information content (AvgIpc) is 3.26. The van der Waals surface area contributed by atoms with Crippen molar-refractivity contribution in [2.24, 2.45) is 5.73 Å². The van der Waals surface area contributed by atoms with Gasteiger partial charge in [-0.3, -0.25) is 5.10 Å². The maximum Gasteiger partial charge on any atom is 0.0755 e.